The molecule has 1 saturated heterocycles. The molecule has 0 radical (unpaired) electrons. The van der Waals surface area contributed by atoms with Crippen LogP contribution in [-0.4, -0.2) is 50.8 Å². The van der Waals surface area contributed by atoms with Gasteiger partial charge in [-0.1, -0.05) is 19.3 Å². The highest BCUT2D eigenvalue weighted by Gasteiger charge is 2.38. The van der Waals surface area contributed by atoms with Crippen LogP contribution in [0, 0.1) is 17.3 Å². The lowest BCUT2D eigenvalue weighted by atomic mass is 9.67. The van der Waals surface area contributed by atoms with Crippen molar-refractivity contribution in [1.82, 2.24) is 10.2 Å². The molecule has 2 unspecified atom stereocenters. The second-order valence-electron chi connectivity index (χ2n) is 7.98. The summed E-state index contributed by atoms with van der Waals surface area (Å²) in [7, 11) is 1.81. The molecule has 0 amide bonds. The largest absolute Gasteiger partial charge is 0.385 e. The fourth-order valence-corrected chi connectivity index (χ4v) is 4.73. The van der Waals surface area contributed by atoms with Crippen LogP contribution in [0.1, 0.15) is 58.3 Å². The topological polar surface area (TPSA) is 36.9 Å². The standard InChI is InChI=1S/C19H35N3O/c1-3-20-18(21-15-19(9-6-10-19)11-12-23-2)22-13-16-7-4-5-8-17(16)14-22/h16-17H,3-15H2,1-2H3,(H,20,21). The zero-order chi connectivity index (χ0) is 16.1. The summed E-state index contributed by atoms with van der Waals surface area (Å²) in [6.45, 7) is 7.45. The molecule has 0 aromatic rings. The Morgan fingerprint density at radius 2 is 1.87 bits per heavy atom. The predicted molar refractivity (Wildman–Crippen MR) is 95.8 cm³/mol. The van der Waals surface area contributed by atoms with E-state index >= 15 is 0 Å². The number of fused-ring (bicyclic) bond motifs is 1. The predicted octanol–water partition coefficient (Wildman–Crippen LogP) is 3.28. The van der Waals surface area contributed by atoms with Gasteiger partial charge < -0.3 is 15.0 Å². The summed E-state index contributed by atoms with van der Waals surface area (Å²) in [5.41, 5.74) is 0.420. The number of rotatable bonds is 6. The molecule has 1 N–H and O–H groups in total. The minimum absolute atomic E-state index is 0.420. The highest BCUT2D eigenvalue weighted by Crippen LogP contribution is 2.44. The van der Waals surface area contributed by atoms with Crippen LogP contribution >= 0.6 is 0 Å². The highest BCUT2D eigenvalue weighted by atomic mass is 16.5. The van der Waals surface area contributed by atoms with E-state index in [4.69, 9.17) is 9.73 Å². The van der Waals surface area contributed by atoms with Crippen LogP contribution in [0.5, 0.6) is 0 Å². The molecule has 2 atom stereocenters. The quantitative estimate of drug-likeness (QED) is 0.602. The van der Waals surface area contributed by atoms with Crippen LogP contribution in [0.25, 0.3) is 0 Å². The molecule has 0 bridgehead atoms. The smallest absolute Gasteiger partial charge is 0.193 e. The lowest BCUT2D eigenvalue weighted by molar-refractivity contribution is 0.0776. The van der Waals surface area contributed by atoms with Crippen LogP contribution in [0.2, 0.25) is 0 Å². The fourth-order valence-electron chi connectivity index (χ4n) is 4.73. The summed E-state index contributed by atoms with van der Waals surface area (Å²) in [6, 6.07) is 0. The normalized spacial score (nSPS) is 30.0. The van der Waals surface area contributed by atoms with Crippen LogP contribution < -0.4 is 5.32 Å². The number of likely N-dealkylation sites (tertiary alicyclic amines) is 1. The van der Waals surface area contributed by atoms with Gasteiger partial charge in [-0.05, 0) is 56.3 Å². The molecule has 3 rings (SSSR count). The summed E-state index contributed by atoms with van der Waals surface area (Å²) in [5, 5.41) is 3.56. The van der Waals surface area contributed by atoms with Crippen LogP contribution in [0.15, 0.2) is 4.99 Å². The average molecular weight is 322 g/mol. The number of hydrogen-bond donors (Lipinski definition) is 1. The summed E-state index contributed by atoms with van der Waals surface area (Å²) < 4.78 is 5.32. The van der Waals surface area contributed by atoms with Crippen LogP contribution in [0.3, 0.4) is 0 Å². The molecule has 1 heterocycles. The fraction of sp³-hybridized carbons (Fsp3) is 0.947. The van der Waals surface area contributed by atoms with Crippen molar-refractivity contribution < 1.29 is 4.74 Å². The van der Waals surface area contributed by atoms with Gasteiger partial charge in [0.25, 0.3) is 0 Å². The molecule has 3 aliphatic rings. The van der Waals surface area contributed by atoms with Crippen LogP contribution in [0.4, 0.5) is 0 Å². The second kappa shape index (κ2) is 7.87. The van der Waals surface area contributed by atoms with Crippen molar-refractivity contribution in [1.29, 1.82) is 0 Å². The monoisotopic (exact) mass is 321 g/mol. The van der Waals surface area contributed by atoms with E-state index in [0.29, 0.717) is 5.41 Å². The molecule has 4 nitrogen and oxygen atoms in total. The first-order valence-corrected chi connectivity index (χ1v) is 9.78. The van der Waals surface area contributed by atoms with E-state index in [-0.39, 0.29) is 0 Å². The molecule has 3 fully saturated rings. The van der Waals surface area contributed by atoms with E-state index in [1.54, 1.807) is 0 Å². The molecule has 0 aromatic heterocycles. The third-order valence-electron chi connectivity index (χ3n) is 6.43. The Balaban J connectivity index is 1.61. The van der Waals surface area contributed by atoms with E-state index in [1.807, 2.05) is 7.11 Å². The van der Waals surface area contributed by atoms with Gasteiger partial charge in [-0.15, -0.1) is 0 Å². The number of nitrogens with one attached hydrogen (secondary N) is 1. The van der Waals surface area contributed by atoms with Crippen molar-refractivity contribution in [3.8, 4) is 0 Å². The molecule has 0 spiro atoms. The van der Waals surface area contributed by atoms with Crippen molar-refractivity contribution in [2.45, 2.75) is 58.3 Å². The minimum Gasteiger partial charge on any atom is -0.385 e. The number of nitrogens with zero attached hydrogens (tertiary/aromatic N) is 2. The van der Waals surface area contributed by atoms with Gasteiger partial charge in [0, 0.05) is 39.9 Å². The van der Waals surface area contributed by atoms with E-state index in [2.05, 4.69) is 17.1 Å². The minimum atomic E-state index is 0.420. The number of hydrogen-bond acceptors (Lipinski definition) is 2. The lowest BCUT2D eigenvalue weighted by Gasteiger charge is -2.41. The van der Waals surface area contributed by atoms with Gasteiger partial charge in [0.2, 0.25) is 0 Å². The Kier molecular flexibility index (Phi) is 5.84. The third-order valence-corrected chi connectivity index (χ3v) is 6.43. The van der Waals surface area contributed by atoms with Gasteiger partial charge in [0.1, 0.15) is 0 Å². The van der Waals surface area contributed by atoms with Gasteiger partial charge in [-0.25, -0.2) is 0 Å². The first-order chi connectivity index (χ1) is 11.3. The van der Waals surface area contributed by atoms with Gasteiger partial charge in [-0.3, -0.25) is 4.99 Å². The van der Waals surface area contributed by atoms with Crippen molar-refractivity contribution >= 4 is 5.96 Å². The molecular weight excluding hydrogens is 286 g/mol. The van der Waals surface area contributed by atoms with Crippen molar-refractivity contribution in [3.05, 3.63) is 0 Å². The summed E-state index contributed by atoms with van der Waals surface area (Å²) in [4.78, 5) is 7.62. The molecule has 2 saturated carbocycles. The van der Waals surface area contributed by atoms with E-state index in [0.717, 1.165) is 38.0 Å². The lowest BCUT2D eigenvalue weighted by Crippen LogP contribution is -2.42. The van der Waals surface area contributed by atoms with Crippen molar-refractivity contribution in [3.63, 3.8) is 0 Å². The van der Waals surface area contributed by atoms with Crippen molar-refractivity contribution in [2.75, 3.05) is 39.9 Å². The van der Waals surface area contributed by atoms with E-state index in [1.165, 1.54) is 64.0 Å². The number of guanidine groups is 1. The van der Waals surface area contributed by atoms with E-state index in [9.17, 15) is 0 Å². The van der Waals surface area contributed by atoms with Gasteiger partial charge in [0.15, 0.2) is 5.96 Å². The first kappa shape index (κ1) is 17.1. The average Bonchev–Trinajstić information content (AvgIpc) is 2.96. The molecule has 132 valence electrons. The Labute approximate surface area is 142 Å². The molecule has 2 aliphatic carbocycles. The maximum atomic E-state index is 5.32. The highest BCUT2D eigenvalue weighted by molar-refractivity contribution is 5.80. The molecular formula is C19H35N3O. The number of ether oxygens (including phenoxy) is 1. The maximum absolute atomic E-state index is 5.32. The maximum Gasteiger partial charge on any atom is 0.193 e. The van der Waals surface area contributed by atoms with Gasteiger partial charge in [-0.2, -0.15) is 0 Å². The molecule has 0 aromatic carbocycles. The van der Waals surface area contributed by atoms with Crippen LogP contribution in [-0.2, 0) is 4.74 Å². The number of aliphatic imine (C=N–C) groups is 1. The Morgan fingerprint density at radius 1 is 1.17 bits per heavy atom. The summed E-state index contributed by atoms with van der Waals surface area (Å²) >= 11 is 0. The summed E-state index contributed by atoms with van der Waals surface area (Å²) in [5.74, 6) is 3.00. The SMILES string of the molecule is CCNC(=NCC1(CCOC)CCC1)N1CC2CCCCC2C1. The van der Waals surface area contributed by atoms with Crippen molar-refractivity contribution in [2.24, 2.45) is 22.2 Å². The van der Waals surface area contributed by atoms with Gasteiger partial charge in [0.05, 0.1) is 0 Å². The zero-order valence-electron chi connectivity index (χ0n) is 15.1. The Bertz CT molecular complexity index is 391. The molecule has 1 aliphatic heterocycles. The third kappa shape index (κ3) is 4.01. The summed E-state index contributed by atoms with van der Waals surface area (Å²) in [6.07, 6.45) is 10.9. The Hall–Kier alpha value is -0.770. The van der Waals surface area contributed by atoms with Gasteiger partial charge >= 0.3 is 0 Å². The molecule has 4 heteroatoms. The number of methoxy groups -OCH3 is 1. The first-order valence-electron chi connectivity index (χ1n) is 9.78. The zero-order valence-corrected chi connectivity index (χ0v) is 15.1. The van der Waals surface area contributed by atoms with E-state index < -0.39 is 0 Å². The second-order valence-corrected chi connectivity index (χ2v) is 7.98. The molecule has 23 heavy (non-hydrogen) atoms. The Morgan fingerprint density at radius 3 is 2.39 bits per heavy atom.